The maximum Gasteiger partial charge on any atom is 0.291 e. The fourth-order valence-electron chi connectivity index (χ4n) is 2.72. The van der Waals surface area contributed by atoms with Crippen molar-refractivity contribution in [2.24, 2.45) is 0 Å². The van der Waals surface area contributed by atoms with Gasteiger partial charge < -0.3 is 4.74 Å². The Morgan fingerprint density at radius 2 is 1.86 bits per heavy atom. The molecule has 0 fully saturated rings. The van der Waals surface area contributed by atoms with Gasteiger partial charge in [0.2, 0.25) is 4.96 Å². The van der Waals surface area contributed by atoms with E-state index in [1.54, 1.807) is 43.5 Å². The van der Waals surface area contributed by atoms with Crippen molar-refractivity contribution in [1.82, 2.24) is 14.6 Å². The molecule has 4 aromatic rings. The monoisotopic (exact) mass is 405 g/mol. The molecule has 5 nitrogen and oxygen atoms in total. The molecule has 2 aromatic carbocycles. The fraction of sp³-hybridized carbons (Fsp3) is 0.0455. The molecule has 144 valence electrons. The summed E-state index contributed by atoms with van der Waals surface area (Å²) in [6.45, 7) is 0. The lowest BCUT2D eigenvalue weighted by molar-refractivity contribution is 0.414. The Morgan fingerprint density at radius 3 is 2.62 bits per heavy atom. The molecule has 0 aliphatic carbocycles. The van der Waals surface area contributed by atoms with Crippen molar-refractivity contribution in [2.45, 2.75) is 0 Å². The van der Waals surface area contributed by atoms with Gasteiger partial charge in [-0.05, 0) is 35.9 Å². The van der Waals surface area contributed by atoms with Crippen molar-refractivity contribution >= 4 is 40.6 Å². The third kappa shape index (κ3) is 4.14. The summed E-state index contributed by atoms with van der Waals surface area (Å²) in [5.74, 6) is 0.899. The molecule has 0 saturated heterocycles. The van der Waals surface area contributed by atoms with E-state index < -0.39 is 0 Å². The zero-order chi connectivity index (χ0) is 20.2. The third-order valence-corrected chi connectivity index (χ3v) is 5.13. The second-order valence-corrected chi connectivity index (χ2v) is 7.10. The zero-order valence-electron chi connectivity index (χ0n) is 15.4. The first kappa shape index (κ1) is 18.8. The highest BCUT2D eigenvalue weighted by Crippen LogP contribution is 2.18. The Balaban J connectivity index is 1.58. The number of hydrogen-bond acceptors (Lipinski definition) is 5. The largest absolute Gasteiger partial charge is 0.496 e. The van der Waals surface area contributed by atoms with E-state index in [-0.39, 0.29) is 11.4 Å². The van der Waals surface area contributed by atoms with Crippen molar-refractivity contribution in [3.8, 4) is 5.75 Å². The molecule has 0 bridgehead atoms. The van der Waals surface area contributed by atoms with Crippen LogP contribution in [0, 0.1) is 5.82 Å². The minimum atomic E-state index is -0.290. The minimum absolute atomic E-state index is 0.219. The smallest absolute Gasteiger partial charge is 0.291 e. The number of rotatable bonds is 5. The highest BCUT2D eigenvalue weighted by Gasteiger charge is 2.08. The van der Waals surface area contributed by atoms with E-state index in [1.807, 2.05) is 30.3 Å². The van der Waals surface area contributed by atoms with Gasteiger partial charge in [-0.1, -0.05) is 59.9 Å². The minimum Gasteiger partial charge on any atom is -0.496 e. The fourth-order valence-corrected chi connectivity index (χ4v) is 3.59. The number of aromatic nitrogens is 3. The van der Waals surface area contributed by atoms with Crippen molar-refractivity contribution < 1.29 is 9.13 Å². The average molecular weight is 405 g/mol. The van der Waals surface area contributed by atoms with Gasteiger partial charge in [-0.15, -0.1) is 5.10 Å². The number of benzene rings is 2. The lowest BCUT2D eigenvalue weighted by Gasteiger charge is -2.02. The molecule has 0 saturated carbocycles. The number of allylic oxidation sites excluding steroid dienone is 1. The van der Waals surface area contributed by atoms with Crippen LogP contribution in [-0.2, 0) is 0 Å². The van der Waals surface area contributed by atoms with Crippen LogP contribution >= 0.6 is 11.3 Å². The lowest BCUT2D eigenvalue weighted by atomic mass is 10.2. The number of thiazole rings is 1. The van der Waals surface area contributed by atoms with Crippen LogP contribution in [0.25, 0.3) is 29.3 Å². The molecule has 7 heteroatoms. The summed E-state index contributed by atoms with van der Waals surface area (Å²) in [4.78, 5) is 17.4. The summed E-state index contributed by atoms with van der Waals surface area (Å²) in [6.07, 6.45) is 8.89. The quantitative estimate of drug-likeness (QED) is 0.508. The molecule has 0 spiro atoms. The molecule has 0 unspecified atom stereocenters. The van der Waals surface area contributed by atoms with Crippen LogP contribution in [0.2, 0.25) is 0 Å². The third-order valence-electron chi connectivity index (χ3n) is 4.16. The van der Waals surface area contributed by atoms with E-state index in [0.717, 1.165) is 16.9 Å². The molecular formula is C22H16FN3O2S. The standard InChI is InChI=1S/C22H16FN3O2S/c1-28-18-7-3-2-5-16(18)6-4-8-19-21(27)26-22(29-19)24-20(25-26)14-11-15-9-12-17(23)13-10-15/h2-14H,1H3/b6-4-,14-11+,19-8+. The summed E-state index contributed by atoms with van der Waals surface area (Å²) >= 11 is 1.27. The van der Waals surface area contributed by atoms with Gasteiger partial charge >= 0.3 is 0 Å². The Morgan fingerprint density at radius 1 is 1.07 bits per heavy atom. The van der Waals surface area contributed by atoms with Gasteiger partial charge in [0.1, 0.15) is 11.6 Å². The van der Waals surface area contributed by atoms with Crippen LogP contribution in [0.3, 0.4) is 0 Å². The number of ether oxygens (including phenoxy) is 1. The first-order chi connectivity index (χ1) is 14.1. The van der Waals surface area contributed by atoms with Gasteiger partial charge in [-0.2, -0.15) is 9.50 Å². The van der Waals surface area contributed by atoms with E-state index >= 15 is 0 Å². The van der Waals surface area contributed by atoms with Crippen molar-refractivity contribution in [3.05, 3.63) is 92.3 Å². The van der Waals surface area contributed by atoms with Crippen LogP contribution < -0.4 is 14.8 Å². The maximum absolute atomic E-state index is 13.0. The molecule has 2 heterocycles. The SMILES string of the molecule is COc1ccccc1/C=C\C=c1\sc2nc(/C=C/c3ccc(F)cc3)nn2c1=O. The second kappa shape index (κ2) is 8.20. The van der Waals surface area contributed by atoms with Gasteiger partial charge in [-0.3, -0.25) is 4.79 Å². The van der Waals surface area contributed by atoms with E-state index in [2.05, 4.69) is 10.1 Å². The summed E-state index contributed by atoms with van der Waals surface area (Å²) in [5, 5.41) is 4.24. The number of fused-ring (bicyclic) bond motifs is 1. The highest BCUT2D eigenvalue weighted by atomic mass is 32.1. The maximum atomic E-state index is 13.0. The lowest BCUT2D eigenvalue weighted by Crippen LogP contribution is -2.23. The Labute approximate surface area is 169 Å². The van der Waals surface area contributed by atoms with Gasteiger partial charge in [0.05, 0.1) is 11.6 Å². The second-order valence-electron chi connectivity index (χ2n) is 6.09. The van der Waals surface area contributed by atoms with Gasteiger partial charge in [0, 0.05) is 5.56 Å². The molecule has 0 amide bonds. The van der Waals surface area contributed by atoms with Crippen LogP contribution in [0.5, 0.6) is 5.75 Å². The Bertz CT molecular complexity index is 1320. The topological polar surface area (TPSA) is 56.5 Å². The summed E-state index contributed by atoms with van der Waals surface area (Å²) < 4.78 is 20.1. The van der Waals surface area contributed by atoms with Crippen LogP contribution in [-0.4, -0.2) is 21.7 Å². The number of halogens is 1. The predicted octanol–water partition coefficient (Wildman–Crippen LogP) is 3.68. The average Bonchev–Trinajstić information content (AvgIpc) is 3.27. The predicted molar refractivity (Wildman–Crippen MR) is 114 cm³/mol. The first-order valence-corrected chi connectivity index (χ1v) is 9.60. The number of nitrogens with zero attached hydrogens (tertiary/aromatic N) is 3. The normalized spacial score (nSPS) is 12.6. The van der Waals surface area contributed by atoms with E-state index in [1.165, 1.54) is 28.0 Å². The number of para-hydroxylation sites is 1. The number of methoxy groups -OCH3 is 1. The van der Waals surface area contributed by atoms with Crippen molar-refractivity contribution in [1.29, 1.82) is 0 Å². The molecule has 0 atom stereocenters. The molecule has 4 rings (SSSR count). The first-order valence-electron chi connectivity index (χ1n) is 8.79. The summed E-state index contributed by atoms with van der Waals surface area (Å²) in [7, 11) is 1.62. The molecule has 0 radical (unpaired) electrons. The molecule has 29 heavy (non-hydrogen) atoms. The van der Waals surface area contributed by atoms with E-state index in [4.69, 9.17) is 4.74 Å². The van der Waals surface area contributed by atoms with Gasteiger partial charge in [-0.25, -0.2) is 4.39 Å². The van der Waals surface area contributed by atoms with Gasteiger partial charge in [0.15, 0.2) is 5.82 Å². The van der Waals surface area contributed by atoms with Crippen LogP contribution in [0.4, 0.5) is 4.39 Å². The molecule has 0 N–H and O–H groups in total. The Hall–Kier alpha value is -3.58. The molecular weight excluding hydrogens is 389 g/mol. The zero-order valence-corrected chi connectivity index (χ0v) is 16.3. The molecule has 2 aromatic heterocycles. The molecule has 0 aliphatic rings. The van der Waals surface area contributed by atoms with E-state index in [9.17, 15) is 9.18 Å². The Kier molecular flexibility index (Phi) is 5.31. The highest BCUT2D eigenvalue weighted by molar-refractivity contribution is 7.15. The van der Waals surface area contributed by atoms with Gasteiger partial charge in [0.25, 0.3) is 5.56 Å². The molecule has 0 aliphatic heterocycles. The van der Waals surface area contributed by atoms with E-state index in [0.29, 0.717) is 15.3 Å². The van der Waals surface area contributed by atoms with Crippen LogP contribution in [0.1, 0.15) is 17.0 Å². The summed E-state index contributed by atoms with van der Waals surface area (Å²) in [5.41, 5.74) is 1.53. The van der Waals surface area contributed by atoms with Crippen molar-refractivity contribution in [2.75, 3.05) is 7.11 Å². The van der Waals surface area contributed by atoms with Crippen molar-refractivity contribution in [3.63, 3.8) is 0 Å². The number of hydrogen-bond donors (Lipinski definition) is 0. The summed E-state index contributed by atoms with van der Waals surface area (Å²) in [6, 6.07) is 13.7. The van der Waals surface area contributed by atoms with Crippen LogP contribution in [0.15, 0.2) is 59.4 Å².